The number of carbonyl (C=O) groups is 3. The quantitative estimate of drug-likeness (QED) is 0.732. The van der Waals surface area contributed by atoms with Crippen molar-refractivity contribution in [3.8, 4) is 0 Å². The number of aryl methyl sites for hydroxylation is 1. The monoisotopic (exact) mass is 413 g/mol. The number of benzene rings is 1. The average molecular weight is 414 g/mol. The van der Waals surface area contributed by atoms with E-state index in [1.165, 1.54) is 11.3 Å². The molecule has 7 heteroatoms. The minimum Gasteiger partial charge on any atom is -0.353 e. The maximum atomic E-state index is 12.6. The highest BCUT2D eigenvalue weighted by Gasteiger charge is 2.27. The molecule has 0 radical (unpaired) electrons. The van der Waals surface area contributed by atoms with Crippen LogP contribution in [0.15, 0.2) is 47.8 Å². The van der Waals surface area contributed by atoms with Gasteiger partial charge in [0.2, 0.25) is 11.8 Å². The van der Waals surface area contributed by atoms with E-state index in [1.54, 1.807) is 17.9 Å². The number of rotatable bonds is 7. The van der Waals surface area contributed by atoms with Gasteiger partial charge in [-0.15, -0.1) is 11.3 Å². The van der Waals surface area contributed by atoms with E-state index in [4.69, 9.17) is 0 Å². The first-order chi connectivity index (χ1) is 14.0. The Labute approximate surface area is 175 Å². The summed E-state index contributed by atoms with van der Waals surface area (Å²) in [6.45, 7) is 2.88. The first-order valence-corrected chi connectivity index (χ1v) is 10.9. The summed E-state index contributed by atoms with van der Waals surface area (Å²) in [7, 11) is 0. The van der Waals surface area contributed by atoms with Crippen LogP contribution in [0.1, 0.15) is 41.4 Å². The number of amides is 3. The Morgan fingerprint density at radius 1 is 1.10 bits per heavy atom. The molecule has 1 aliphatic rings. The van der Waals surface area contributed by atoms with Gasteiger partial charge >= 0.3 is 0 Å². The predicted molar refractivity (Wildman–Crippen MR) is 114 cm³/mol. The Morgan fingerprint density at radius 2 is 1.83 bits per heavy atom. The van der Waals surface area contributed by atoms with E-state index in [9.17, 15) is 14.4 Å². The number of hydrogen-bond donors (Lipinski definition) is 2. The second-order valence-electron chi connectivity index (χ2n) is 7.33. The largest absolute Gasteiger partial charge is 0.353 e. The topological polar surface area (TPSA) is 78.5 Å². The molecule has 1 atom stereocenters. The molecular formula is C22H27N3O3S. The summed E-state index contributed by atoms with van der Waals surface area (Å²) < 4.78 is 0. The van der Waals surface area contributed by atoms with Crippen molar-refractivity contribution in [2.45, 2.75) is 44.7 Å². The fourth-order valence-electron chi connectivity index (χ4n) is 3.46. The lowest BCUT2D eigenvalue weighted by molar-refractivity contribution is -0.134. The molecule has 1 fully saturated rings. The van der Waals surface area contributed by atoms with Gasteiger partial charge in [-0.25, -0.2) is 0 Å². The molecule has 2 N–H and O–H groups in total. The Hall–Kier alpha value is -2.67. The third-order valence-corrected chi connectivity index (χ3v) is 5.99. The van der Waals surface area contributed by atoms with Crippen LogP contribution in [-0.2, 0) is 16.0 Å². The lowest BCUT2D eigenvalue weighted by atomic mass is 10.0. The smallest absolute Gasteiger partial charge is 0.261 e. The van der Waals surface area contributed by atoms with E-state index in [2.05, 4.69) is 10.6 Å². The molecule has 1 aliphatic heterocycles. The van der Waals surface area contributed by atoms with E-state index in [0.29, 0.717) is 24.4 Å². The predicted octanol–water partition coefficient (Wildman–Crippen LogP) is 2.61. The second-order valence-corrected chi connectivity index (χ2v) is 8.27. The molecule has 3 amide bonds. The molecule has 3 rings (SSSR count). The van der Waals surface area contributed by atoms with Crippen LogP contribution in [0, 0.1) is 0 Å². The van der Waals surface area contributed by atoms with E-state index < -0.39 is 6.04 Å². The summed E-state index contributed by atoms with van der Waals surface area (Å²) in [6.07, 6.45) is 2.66. The molecule has 1 aromatic heterocycles. The summed E-state index contributed by atoms with van der Waals surface area (Å²) in [5, 5.41) is 7.68. The van der Waals surface area contributed by atoms with E-state index in [1.807, 2.05) is 41.8 Å². The average Bonchev–Trinajstić information content (AvgIpc) is 3.28. The lowest BCUT2D eigenvalue weighted by Gasteiger charge is -2.34. The van der Waals surface area contributed by atoms with Gasteiger partial charge in [0.25, 0.3) is 5.91 Å². The first-order valence-electron chi connectivity index (χ1n) is 9.99. The SMILES string of the molecule is C[C@@H](NC(=O)c1cccs1)C(=O)N1CCC(NC(=O)CCc2ccccc2)CC1. The van der Waals surface area contributed by atoms with Gasteiger partial charge in [-0.3, -0.25) is 14.4 Å². The van der Waals surface area contributed by atoms with Crippen molar-refractivity contribution in [3.63, 3.8) is 0 Å². The van der Waals surface area contributed by atoms with Crippen LogP contribution in [0.4, 0.5) is 0 Å². The third kappa shape index (κ3) is 6.15. The molecule has 2 heterocycles. The van der Waals surface area contributed by atoms with Crippen LogP contribution >= 0.6 is 11.3 Å². The highest BCUT2D eigenvalue weighted by Crippen LogP contribution is 2.13. The highest BCUT2D eigenvalue weighted by atomic mass is 32.1. The molecule has 2 aromatic rings. The molecule has 0 bridgehead atoms. The number of carbonyl (C=O) groups excluding carboxylic acids is 3. The van der Waals surface area contributed by atoms with Gasteiger partial charge in [0.1, 0.15) is 6.04 Å². The van der Waals surface area contributed by atoms with Crippen LogP contribution in [0.2, 0.25) is 0 Å². The van der Waals surface area contributed by atoms with E-state index >= 15 is 0 Å². The molecule has 1 saturated heterocycles. The van der Waals surface area contributed by atoms with Crippen molar-refractivity contribution in [2.75, 3.05) is 13.1 Å². The van der Waals surface area contributed by atoms with Crippen molar-refractivity contribution in [1.29, 1.82) is 0 Å². The minimum absolute atomic E-state index is 0.0511. The van der Waals surface area contributed by atoms with E-state index in [0.717, 1.165) is 24.8 Å². The van der Waals surface area contributed by atoms with E-state index in [-0.39, 0.29) is 23.8 Å². The van der Waals surface area contributed by atoms with Crippen molar-refractivity contribution < 1.29 is 14.4 Å². The summed E-state index contributed by atoms with van der Waals surface area (Å²) in [6, 6.07) is 13.0. The molecular weight excluding hydrogens is 386 g/mol. The molecule has 6 nitrogen and oxygen atoms in total. The highest BCUT2D eigenvalue weighted by molar-refractivity contribution is 7.12. The van der Waals surface area contributed by atoms with Crippen molar-refractivity contribution in [3.05, 3.63) is 58.3 Å². The van der Waals surface area contributed by atoms with Crippen LogP contribution in [0.25, 0.3) is 0 Å². The van der Waals surface area contributed by atoms with Gasteiger partial charge in [-0.1, -0.05) is 36.4 Å². The molecule has 0 unspecified atom stereocenters. The number of thiophene rings is 1. The summed E-state index contributed by atoms with van der Waals surface area (Å²) in [5.74, 6) is -0.250. The van der Waals surface area contributed by atoms with Crippen LogP contribution < -0.4 is 10.6 Å². The van der Waals surface area contributed by atoms with Crippen molar-refractivity contribution >= 4 is 29.1 Å². The third-order valence-electron chi connectivity index (χ3n) is 5.12. The summed E-state index contributed by atoms with van der Waals surface area (Å²) >= 11 is 1.35. The maximum absolute atomic E-state index is 12.6. The van der Waals surface area contributed by atoms with Gasteiger partial charge < -0.3 is 15.5 Å². The Bertz CT molecular complexity index is 815. The fourth-order valence-corrected chi connectivity index (χ4v) is 4.08. The second kappa shape index (κ2) is 10.2. The zero-order valence-corrected chi connectivity index (χ0v) is 17.4. The Kier molecular flexibility index (Phi) is 7.41. The molecule has 154 valence electrons. The van der Waals surface area contributed by atoms with Crippen LogP contribution in [-0.4, -0.2) is 47.8 Å². The number of hydrogen-bond acceptors (Lipinski definition) is 4. The first kappa shape index (κ1) is 21.0. The van der Waals surface area contributed by atoms with Crippen LogP contribution in [0.3, 0.4) is 0 Å². The van der Waals surface area contributed by atoms with Crippen molar-refractivity contribution in [2.24, 2.45) is 0 Å². The zero-order valence-electron chi connectivity index (χ0n) is 16.6. The number of likely N-dealkylation sites (tertiary alicyclic amines) is 1. The molecule has 0 spiro atoms. The van der Waals surface area contributed by atoms with Gasteiger partial charge in [0.15, 0.2) is 0 Å². The minimum atomic E-state index is -0.568. The van der Waals surface area contributed by atoms with Crippen LogP contribution in [0.5, 0.6) is 0 Å². The Morgan fingerprint density at radius 3 is 2.48 bits per heavy atom. The zero-order chi connectivity index (χ0) is 20.6. The fraction of sp³-hybridized carbons (Fsp3) is 0.409. The normalized spacial score (nSPS) is 15.6. The van der Waals surface area contributed by atoms with Crippen molar-refractivity contribution in [1.82, 2.24) is 15.5 Å². The number of piperidine rings is 1. The Balaban J connectivity index is 1.38. The number of nitrogens with zero attached hydrogens (tertiary/aromatic N) is 1. The molecule has 29 heavy (non-hydrogen) atoms. The lowest BCUT2D eigenvalue weighted by Crippen LogP contribution is -2.52. The molecule has 1 aromatic carbocycles. The summed E-state index contributed by atoms with van der Waals surface area (Å²) in [5.41, 5.74) is 1.15. The van der Waals surface area contributed by atoms with Gasteiger partial charge in [-0.2, -0.15) is 0 Å². The van der Waals surface area contributed by atoms with Gasteiger partial charge in [0.05, 0.1) is 4.88 Å². The van der Waals surface area contributed by atoms with Gasteiger partial charge in [-0.05, 0) is 43.2 Å². The summed E-state index contributed by atoms with van der Waals surface area (Å²) in [4.78, 5) is 39.3. The standard InChI is InChI=1S/C22H27N3O3S/c1-16(23-21(27)19-8-5-15-29-19)22(28)25-13-11-18(12-14-25)24-20(26)10-9-17-6-3-2-4-7-17/h2-8,15-16,18H,9-14H2,1H3,(H,23,27)(H,24,26)/t16-/m1/s1. The molecule has 0 saturated carbocycles. The maximum Gasteiger partial charge on any atom is 0.261 e. The van der Waals surface area contributed by atoms with Gasteiger partial charge in [0, 0.05) is 25.6 Å². The molecule has 0 aliphatic carbocycles. The number of nitrogens with one attached hydrogen (secondary N) is 2.